The van der Waals surface area contributed by atoms with E-state index in [1.807, 2.05) is 0 Å². The maximum Gasteiger partial charge on any atom is 0.00218 e. The number of nitrogens with one attached hydrogen (secondary N) is 1. The number of rotatable bonds is 5. The third-order valence-corrected chi connectivity index (χ3v) is 3.12. The molecular weight excluding hydrogens is 172 g/mol. The van der Waals surface area contributed by atoms with E-state index in [9.17, 15) is 0 Å². The van der Waals surface area contributed by atoms with Gasteiger partial charge in [0.05, 0.1) is 0 Å². The first-order valence-electron chi connectivity index (χ1n) is 6.09. The molecule has 1 aliphatic heterocycles. The summed E-state index contributed by atoms with van der Waals surface area (Å²) in [5.41, 5.74) is 0. The van der Waals surface area contributed by atoms with Crippen molar-refractivity contribution in [2.45, 2.75) is 33.1 Å². The molecule has 0 spiro atoms. The van der Waals surface area contributed by atoms with Crippen LogP contribution in [0, 0.1) is 11.8 Å². The van der Waals surface area contributed by atoms with Crippen molar-refractivity contribution in [3.8, 4) is 0 Å². The Kier molecular flexibility index (Phi) is 5.49. The summed E-state index contributed by atoms with van der Waals surface area (Å²) in [5, 5.41) is 3.30. The first-order chi connectivity index (χ1) is 6.72. The van der Waals surface area contributed by atoms with Crippen LogP contribution in [0.1, 0.15) is 33.1 Å². The minimum absolute atomic E-state index is 0.847. The van der Waals surface area contributed by atoms with Crippen LogP contribution in [0.4, 0.5) is 0 Å². The predicted octanol–water partition coefficient (Wildman–Crippen LogP) is 1.96. The number of hydrogen-bond donors (Lipinski definition) is 1. The molecule has 0 aromatic carbocycles. The summed E-state index contributed by atoms with van der Waals surface area (Å²) in [6.45, 7) is 9.76. The lowest BCUT2D eigenvalue weighted by molar-refractivity contribution is 0.166. The Morgan fingerprint density at radius 3 is 2.86 bits per heavy atom. The topological polar surface area (TPSA) is 15.3 Å². The summed E-state index contributed by atoms with van der Waals surface area (Å²) < 4.78 is 0. The van der Waals surface area contributed by atoms with Crippen LogP contribution in [-0.2, 0) is 0 Å². The van der Waals surface area contributed by atoms with E-state index in [1.54, 1.807) is 0 Å². The molecule has 0 saturated carbocycles. The molecule has 0 aromatic heterocycles. The van der Waals surface area contributed by atoms with Crippen LogP contribution in [0.25, 0.3) is 0 Å². The van der Waals surface area contributed by atoms with Crippen molar-refractivity contribution in [2.75, 3.05) is 33.2 Å². The van der Waals surface area contributed by atoms with Gasteiger partial charge in [0.2, 0.25) is 0 Å². The summed E-state index contributed by atoms with van der Waals surface area (Å²) in [7, 11) is 2.06. The van der Waals surface area contributed by atoms with Gasteiger partial charge in [-0.15, -0.1) is 0 Å². The largest absolute Gasteiger partial charge is 0.319 e. The molecule has 0 bridgehead atoms. The Morgan fingerprint density at radius 1 is 1.43 bits per heavy atom. The molecular formula is C12H26N2. The average Bonchev–Trinajstić information content (AvgIpc) is 2.16. The van der Waals surface area contributed by atoms with Crippen molar-refractivity contribution in [3.05, 3.63) is 0 Å². The predicted molar refractivity (Wildman–Crippen MR) is 62.5 cm³/mol. The second-order valence-electron chi connectivity index (χ2n) is 5.05. The van der Waals surface area contributed by atoms with Crippen LogP contribution in [0.3, 0.4) is 0 Å². The molecule has 14 heavy (non-hydrogen) atoms. The van der Waals surface area contributed by atoms with E-state index in [1.165, 1.54) is 45.4 Å². The normalized spacial score (nSPS) is 24.4. The molecule has 1 saturated heterocycles. The molecule has 1 atom stereocenters. The summed E-state index contributed by atoms with van der Waals surface area (Å²) in [4.78, 5) is 2.64. The van der Waals surface area contributed by atoms with Crippen molar-refractivity contribution in [1.29, 1.82) is 0 Å². The zero-order chi connectivity index (χ0) is 10.4. The molecule has 0 radical (unpaired) electrons. The van der Waals surface area contributed by atoms with Gasteiger partial charge < -0.3 is 10.2 Å². The zero-order valence-electron chi connectivity index (χ0n) is 10.1. The van der Waals surface area contributed by atoms with Crippen molar-refractivity contribution in [2.24, 2.45) is 11.8 Å². The molecule has 0 aliphatic carbocycles. The summed E-state index contributed by atoms with van der Waals surface area (Å²) in [5.74, 6) is 1.74. The van der Waals surface area contributed by atoms with Crippen molar-refractivity contribution < 1.29 is 0 Å². The van der Waals surface area contributed by atoms with Crippen LogP contribution in [0.2, 0.25) is 0 Å². The van der Waals surface area contributed by atoms with E-state index < -0.39 is 0 Å². The lowest BCUT2D eigenvalue weighted by Gasteiger charge is -2.33. The van der Waals surface area contributed by atoms with E-state index in [0.29, 0.717) is 0 Å². The second kappa shape index (κ2) is 6.41. The first kappa shape index (κ1) is 12.0. The highest BCUT2D eigenvalue weighted by atomic mass is 15.1. The highest BCUT2D eigenvalue weighted by Gasteiger charge is 2.18. The molecule has 84 valence electrons. The van der Waals surface area contributed by atoms with Gasteiger partial charge in [-0.3, -0.25) is 0 Å². The molecule has 0 amide bonds. The van der Waals surface area contributed by atoms with Crippen LogP contribution >= 0.6 is 0 Å². The molecule has 1 N–H and O–H groups in total. The van der Waals surface area contributed by atoms with Crippen LogP contribution in [0.15, 0.2) is 0 Å². The average molecular weight is 198 g/mol. The Hall–Kier alpha value is -0.0800. The fourth-order valence-corrected chi connectivity index (χ4v) is 2.25. The van der Waals surface area contributed by atoms with Crippen LogP contribution in [0.5, 0.6) is 0 Å². The Bertz CT molecular complexity index is 143. The summed E-state index contributed by atoms with van der Waals surface area (Å²) >= 11 is 0. The summed E-state index contributed by atoms with van der Waals surface area (Å²) in [6.07, 6.45) is 4.16. The van der Waals surface area contributed by atoms with Gasteiger partial charge in [0.15, 0.2) is 0 Å². The fourth-order valence-electron chi connectivity index (χ4n) is 2.25. The summed E-state index contributed by atoms with van der Waals surface area (Å²) in [6, 6.07) is 0. The molecule has 2 nitrogen and oxygen atoms in total. The van der Waals surface area contributed by atoms with Gasteiger partial charge in [0.25, 0.3) is 0 Å². The van der Waals surface area contributed by atoms with E-state index in [2.05, 4.69) is 31.1 Å². The molecule has 1 aliphatic rings. The standard InChI is InChI=1S/C12H26N2/c1-11(2)6-8-14-7-4-5-12(10-14)9-13-3/h11-13H,4-10H2,1-3H3. The Morgan fingerprint density at radius 2 is 2.21 bits per heavy atom. The van der Waals surface area contributed by atoms with E-state index in [-0.39, 0.29) is 0 Å². The zero-order valence-corrected chi connectivity index (χ0v) is 10.1. The monoisotopic (exact) mass is 198 g/mol. The Labute approximate surface area is 89.1 Å². The molecule has 1 heterocycles. The maximum absolute atomic E-state index is 3.30. The lowest BCUT2D eigenvalue weighted by atomic mass is 9.97. The van der Waals surface area contributed by atoms with Gasteiger partial charge in [0, 0.05) is 6.54 Å². The fraction of sp³-hybridized carbons (Fsp3) is 1.00. The van der Waals surface area contributed by atoms with E-state index in [0.717, 1.165) is 11.8 Å². The van der Waals surface area contributed by atoms with Gasteiger partial charge in [-0.2, -0.15) is 0 Å². The molecule has 1 rings (SSSR count). The SMILES string of the molecule is CNCC1CCCN(CCC(C)C)C1. The number of nitrogens with zero attached hydrogens (tertiary/aromatic N) is 1. The van der Waals surface area contributed by atoms with Gasteiger partial charge >= 0.3 is 0 Å². The lowest BCUT2D eigenvalue weighted by Crippen LogP contribution is -2.39. The van der Waals surface area contributed by atoms with Crippen molar-refractivity contribution in [3.63, 3.8) is 0 Å². The number of hydrogen-bond acceptors (Lipinski definition) is 2. The number of likely N-dealkylation sites (tertiary alicyclic amines) is 1. The third-order valence-electron chi connectivity index (χ3n) is 3.12. The molecule has 1 fully saturated rings. The Balaban J connectivity index is 2.18. The van der Waals surface area contributed by atoms with Crippen molar-refractivity contribution in [1.82, 2.24) is 10.2 Å². The number of piperidine rings is 1. The van der Waals surface area contributed by atoms with Gasteiger partial charge in [-0.05, 0) is 57.8 Å². The molecule has 0 aromatic rings. The third kappa shape index (κ3) is 4.43. The minimum atomic E-state index is 0.847. The molecule has 2 heteroatoms. The van der Waals surface area contributed by atoms with Gasteiger partial charge in [-0.1, -0.05) is 13.8 Å². The van der Waals surface area contributed by atoms with E-state index in [4.69, 9.17) is 0 Å². The van der Waals surface area contributed by atoms with E-state index >= 15 is 0 Å². The van der Waals surface area contributed by atoms with Crippen molar-refractivity contribution >= 4 is 0 Å². The maximum atomic E-state index is 3.30. The van der Waals surface area contributed by atoms with Crippen LogP contribution < -0.4 is 5.32 Å². The quantitative estimate of drug-likeness (QED) is 0.726. The second-order valence-corrected chi connectivity index (χ2v) is 5.05. The van der Waals surface area contributed by atoms with Gasteiger partial charge in [0.1, 0.15) is 0 Å². The smallest absolute Gasteiger partial charge is 0.00218 e. The highest BCUT2D eigenvalue weighted by molar-refractivity contribution is 4.74. The highest BCUT2D eigenvalue weighted by Crippen LogP contribution is 2.16. The first-order valence-corrected chi connectivity index (χ1v) is 6.09. The molecule has 1 unspecified atom stereocenters. The van der Waals surface area contributed by atoms with Crippen LogP contribution in [-0.4, -0.2) is 38.1 Å². The minimum Gasteiger partial charge on any atom is -0.319 e. The van der Waals surface area contributed by atoms with Gasteiger partial charge in [-0.25, -0.2) is 0 Å².